The molecular weight excluding hydrogens is 729 g/mol. The van der Waals surface area contributed by atoms with E-state index in [2.05, 4.69) is 130 Å². The number of amides is 1. The maximum atomic E-state index is 13.3. The summed E-state index contributed by atoms with van der Waals surface area (Å²) in [6.45, 7) is 9.58. The van der Waals surface area contributed by atoms with E-state index >= 15 is 0 Å². The topological polar surface area (TPSA) is 48.5 Å². The normalized spacial score (nSPS) is 13.7. The Kier molecular flexibility index (Phi) is 15.0. The second kappa shape index (κ2) is 21.3. The zero-order chi connectivity index (χ0) is 40.7. The minimum Gasteiger partial charge on any atom is -0.497 e. The SMILES string of the molecule is COc1ccc2c(c1)CN(CC(=O)N(Cc1ccccc1)Cc1ccccc1)CC2.COc1ccc2c(c1)CN(CCN(Cc1ccccc1)Cc1ccccc1)CC2. The Morgan fingerprint density at radius 2 is 0.915 bits per heavy atom. The summed E-state index contributed by atoms with van der Waals surface area (Å²) >= 11 is 0. The van der Waals surface area contributed by atoms with Crippen LogP contribution < -0.4 is 9.47 Å². The van der Waals surface area contributed by atoms with Gasteiger partial charge in [0.2, 0.25) is 5.91 Å². The van der Waals surface area contributed by atoms with E-state index in [9.17, 15) is 4.79 Å². The molecule has 0 aromatic heterocycles. The van der Waals surface area contributed by atoms with Gasteiger partial charge in [-0.15, -0.1) is 0 Å². The van der Waals surface area contributed by atoms with Crippen molar-refractivity contribution in [3.8, 4) is 11.5 Å². The molecule has 0 radical (unpaired) electrons. The zero-order valence-electron chi connectivity index (χ0n) is 34.7. The lowest BCUT2D eigenvalue weighted by Gasteiger charge is -2.31. The molecule has 0 saturated heterocycles. The lowest BCUT2D eigenvalue weighted by Crippen LogP contribution is -2.41. The highest BCUT2D eigenvalue weighted by Gasteiger charge is 2.23. The molecule has 0 atom stereocenters. The van der Waals surface area contributed by atoms with Crippen molar-refractivity contribution in [1.29, 1.82) is 0 Å². The summed E-state index contributed by atoms with van der Waals surface area (Å²) in [7, 11) is 3.43. The molecule has 2 heterocycles. The van der Waals surface area contributed by atoms with Crippen LogP contribution in [0.3, 0.4) is 0 Å². The molecule has 0 bridgehead atoms. The predicted molar refractivity (Wildman–Crippen MR) is 238 cm³/mol. The number of fused-ring (bicyclic) bond motifs is 2. The van der Waals surface area contributed by atoms with Crippen LogP contribution in [0, 0.1) is 0 Å². The van der Waals surface area contributed by atoms with Gasteiger partial charge >= 0.3 is 0 Å². The lowest BCUT2D eigenvalue weighted by molar-refractivity contribution is -0.134. The van der Waals surface area contributed by atoms with Gasteiger partial charge in [0, 0.05) is 65.4 Å². The first-order chi connectivity index (χ1) is 29.0. The van der Waals surface area contributed by atoms with Crippen molar-refractivity contribution < 1.29 is 14.3 Å². The van der Waals surface area contributed by atoms with Crippen LogP contribution in [0.1, 0.15) is 44.5 Å². The van der Waals surface area contributed by atoms with E-state index in [4.69, 9.17) is 9.47 Å². The van der Waals surface area contributed by atoms with Gasteiger partial charge < -0.3 is 14.4 Å². The van der Waals surface area contributed by atoms with Crippen LogP contribution in [0.15, 0.2) is 158 Å². The van der Waals surface area contributed by atoms with Crippen LogP contribution in [-0.2, 0) is 56.9 Å². The van der Waals surface area contributed by atoms with Gasteiger partial charge in [0.25, 0.3) is 0 Å². The van der Waals surface area contributed by atoms with Crippen molar-refractivity contribution in [1.82, 2.24) is 19.6 Å². The highest BCUT2D eigenvalue weighted by Crippen LogP contribution is 2.25. The Labute approximate surface area is 351 Å². The summed E-state index contributed by atoms with van der Waals surface area (Å²) in [6.07, 6.45) is 2.08. The molecule has 8 rings (SSSR count). The highest BCUT2D eigenvalue weighted by atomic mass is 16.5. The average molecular weight is 787 g/mol. The standard InChI is InChI=1S/C26H28N2O2.C26H30N2O/c1-30-25-13-12-23-14-15-27(19-24(23)16-25)20-26(29)28(17-21-8-4-2-5-9-21)18-22-10-6-3-7-11-22;1-29-26-13-12-24-14-15-27(21-25(24)18-26)16-17-28(19-22-8-4-2-5-9-22)20-23-10-6-3-7-11-23/h2-13,16H,14-15,17-20H2,1H3;2-13,18H,14-17,19-21H2,1H3. The molecule has 0 spiro atoms. The number of hydrogen-bond donors (Lipinski definition) is 0. The first-order valence-corrected chi connectivity index (χ1v) is 20.9. The van der Waals surface area contributed by atoms with E-state index in [-0.39, 0.29) is 5.91 Å². The number of hydrogen-bond acceptors (Lipinski definition) is 6. The molecule has 6 aromatic carbocycles. The quantitative estimate of drug-likeness (QED) is 0.104. The Morgan fingerprint density at radius 1 is 0.508 bits per heavy atom. The molecule has 0 fully saturated rings. The van der Waals surface area contributed by atoms with Gasteiger partial charge in [0.15, 0.2) is 0 Å². The predicted octanol–water partition coefficient (Wildman–Crippen LogP) is 9.04. The smallest absolute Gasteiger partial charge is 0.237 e. The molecule has 59 heavy (non-hydrogen) atoms. The van der Waals surface area contributed by atoms with Crippen LogP contribution in [0.5, 0.6) is 11.5 Å². The summed E-state index contributed by atoms with van der Waals surface area (Å²) in [5, 5.41) is 0. The first-order valence-electron chi connectivity index (χ1n) is 20.9. The number of carbonyl (C=O) groups is 1. The molecule has 1 amide bonds. The summed E-state index contributed by atoms with van der Waals surface area (Å²) in [5.74, 6) is 1.99. The molecule has 6 aromatic rings. The first kappa shape index (κ1) is 41.4. The summed E-state index contributed by atoms with van der Waals surface area (Å²) in [5.41, 5.74) is 10.5. The van der Waals surface area contributed by atoms with Gasteiger partial charge in [-0.05, 0) is 81.6 Å². The molecule has 0 saturated carbocycles. The zero-order valence-corrected chi connectivity index (χ0v) is 34.7. The third kappa shape index (κ3) is 12.4. The number of methoxy groups -OCH3 is 2. The molecule has 0 N–H and O–H groups in total. The summed E-state index contributed by atoms with van der Waals surface area (Å²) < 4.78 is 10.8. The van der Waals surface area contributed by atoms with E-state index in [0.29, 0.717) is 19.6 Å². The van der Waals surface area contributed by atoms with Crippen LogP contribution >= 0.6 is 0 Å². The number of rotatable bonds is 15. The van der Waals surface area contributed by atoms with Crippen molar-refractivity contribution in [2.24, 2.45) is 0 Å². The average Bonchev–Trinajstić information content (AvgIpc) is 3.29. The fourth-order valence-electron chi connectivity index (χ4n) is 8.07. The second-order valence-corrected chi connectivity index (χ2v) is 15.7. The Bertz CT molecular complexity index is 2100. The van der Waals surface area contributed by atoms with Gasteiger partial charge in [-0.1, -0.05) is 133 Å². The van der Waals surface area contributed by atoms with Crippen molar-refractivity contribution in [3.05, 3.63) is 202 Å². The van der Waals surface area contributed by atoms with Gasteiger partial charge in [0.1, 0.15) is 11.5 Å². The molecule has 0 aliphatic carbocycles. The maximum Gasteiger partial charge on any atom is 0.237 e. The van der Waals surface area contributed by atoms with Gasteiger partial charge in [0.05, 0.1) is 20.8 Å². The minimum atomic E-state index is 0.161. The van der Waals surface area contributed by atoms with Crippen LogP contribution in [-0.4, -0.2) is 72.5 Å². The molecule has 7 nitrogen and oxygen atoms in total. The number of nitrogens with zero attached hydrogens (tertiary/aromatic N) is 4. The van der Waals surface area contributed by atoms with Crippen molar-refractivity contribution in [2.45, 2.75) is 52.1 Å². The number of benzene rings is 6. The van der Waals surface area contributed by atoms with E-state index in [1.165, 1.54) is 33.4 Å². The molecule has 0 unspecified atom stereocenters. The molecule has 2 aliphatic rings. The van der Waals surface area contributed by atoms with Gasteiger partial charge in [-0.25, -0.2) is 0 Å². The number of ether oxygens (including phenoxy) is 2. The van der Waals surface area contributed by atoms with Crippen LogP contribution in [0.2, 0.25) is 0 Å². The Morgan fingerprint density at radius 3 is 1.36 bits per heavy atom. The Hall–Kier alpha value is -5.73. The molecule has 2 aliphatic heterocycles. The summed E-state index contributed by atoms with van der Waals surface area (Å²) in [4.78, 5) is 22.7. The van der Waals surface area contributed by atoms with E-state index in [1.54, 1.807) is 14.2 Å². The minimum absolute atomic E-state index is 0.161. The third-order valence-electron chi connectivity index (χ3n) is 11.4. The highest BCUT2D eigenvalue weighted by molar-refractivity contribution is 5.78. The van der Waals surface area contributed by atoms with Crippen LogP contribution in [0.25, 0.3) is 0 Å². The lowest BCUT2D eigenvalue weighted by atomic mass is 9.99. The van der Waals surface area contributed by atoms with Crippen LogP contribution in [0.4, 0.5) is 0 Å². The fraction of sp³-hybridized carbons (Fsp3) is 0.288. The maximum absolute atomic E-state index is 13.3. The van der Waals surface area contributed by atoms with Gasteiger partial charge in [-0.3, -0.25) is 19.5 Å². The largest absolute Gasteiger partial charge is 0.497 e. The third-order valence-corrected chi connectivity index (χ3v) is 11.4. The van der Waals surface area contributed by atoms with Crippen molar-refractivity contribution in [3.63, 3.8) is 0 Å². The van der Waals surface area contributed by atoms with Crippen molar-refractivity contribution >= 4 is 5.91 Å². The van der Waals surface area contributed by atoms with E-state index < -0.39 is 0 Å². The molecule has 304 valence electrons. The molecule has 7 heteroatoms. The van der Waals surface area contributed by atoms with Crippen molar-refractivity contribution in [2.75, 3.05) is 46.9 Å². The monoisotopic (exact) mass is 786 g/mol. The number of carbonyl (C=O) groups excluding carboxylic acids is 1. The fourth-order valence-corrected chi connectivity index (χ4v) is 8.07. The Balaban J connectivity index is 0.000000179. The van der Waals surface area contributed by atoms with E-state index in [1.807, 2.05) is 47.4 Å². The van der Waals surface area contributed by atoms with Gasteiger partial charge in [-0.2, -0.15) is 0 Å². The summed E-state index contributed by atoms with van der Waals surface area (Å²) in [6, 6.07) is 54.8. The second-order valence-electron chi connectivity index (χ2n) is 15.7. The molecular formula is C52H58N4O3. The van der Waals surface area contributed by atoms with E-state index in [0.717, 1.165) is 87.8 Å².